The number of carbonyl (C=O) groups is 1. The lowest BCUT2D eigenvalue weighted by Crippen LogP contribution is -2.40. The number of nitrogens with one attached hydrogen (secondary N) is 1. The molecule has 0 saturated heterocycles. The molecule has 1 aromatic carbocycles. The number of benzene rings is 1. The highest BCUT2D eigenvalue weighted by atomic mass is 16.1. The van der Waals surface area contributed by atoms with E-state index in [1.54, 1.807) is 6.92 Å². The summed E-state index contributed by atoms with van der Waals surface area (Å²) < 4.78 is 0. The van der Waals surface area contributed by atoms with Gasteiger partial charge in [-0.15, -0.1) is 0 Å². The number of amides is 1. The summed E-state index contributed by atoms with van der Waals surface area (Å²) in [4.78, 5) is 14.0. The molecule has 1 aliphatic carbocycles. The minimum Gasteiger partial charge on any atom is -0.326 e. The van der Waals surface area contributed by atoms with Gasteiger partial charge < -0.3 is 10.2 Å². The zero-order chi connectivity index (χ0) is 16.7. The van der Waals surface area contributed by atoms with Gasteiger partial charge in [-0.2, -0.15) is 0 Å². The number of fused-ring (bicyclic) bond motifs is 1. The van der Waals surface area contributed by atoms with E-state index in [0.717, 1.165) is 18.5 Å². The summed E-state index contributed by atoms with van der Waals surface area (Å²) in [6.07, 6.45) is 8.65. The molecule has 0 aliphatic heterocycles. The number of anilines is 1. The van der Waals surface area contributed by atoms with Crippen molar-refractivity contribution in [3.63, 3.8) is 0 Å². The number of aryl methyl sites for hydroxylation is 1. The van der Waals surface area contributed by atoms with Gasteiger partial charge in [-0.1, -0.05) is 32.8 Å². The number of hydrogen-bond donors (Lipinski definition) is 1. The minimum atomic E-state index is 0.00447. The molecule has 23 heavy (non-hydrogen) atoms. The first-order valence-corrected chi connectivity index (χ1v) is 9.27. The molecule has 1 aromatic rings. The monoisotopic (exact) mass is 316 g/mol. The average molecular weight is 316 g/mol. The van der Waals surface area contributed by atoms with Crippen LogP contribution in [0.4, 0.5) is 5.69 Å². The Kier molecular flexibility index (Phi) is 7.10. The minimum absolute atomic E-state index is 0.00447. The summed E-state index contributed by atoms with van der Waals surface area (Å²) in [7, 11) is 0. The molecule has 0 aromatic heterocycles. The van der Waals surface area contributed by atoms with E-state index in [2.05, 4.69) is 36.2 Å². The van der Waals surface area contributed by atoms with Crippen LogP contribution in [0.5, 0.6) is 0 Å². The van der Waals surface area contributed by atoms with Crippen molar-refractivity contribution in [3.8, 4) is 0 Å². The summed E-state index contributed by atoms with van der Waals surface area (Å²) >= 11 is 0. The van der Waals surface area contributed by atoms with Gasteiger partial charge in [-0.05, 0) is 68.5 Å². The third-order valence-corrected chi connectivity index (χ3v) is 4.84. The zero-order valence-corrected chi connectivity index (χ0v) is 15.0. The molecule has 1 amide bonds. The number of unbranched alkanes of at least 4 members (excludes halogenated alkanes) is 2. The predicted molar refractivity (Wildman–Crippen MR) is 97.9 cm³/mol. The first kappa shape index (κ1) is 18.0. The van der Waals surface area contributed by atoms with E-state index in [1.807, 2.05) is 6.07 Å². The Labute approximate surface area is 141 Å². The molecule has 0 bridgehead atoms. The Morgan fingerprint density at radius 2 is 1.87 bits per heavy atom. The standard InChI is InChI=1S/C20H32N2O/c1-4-6-12-22(13-7-5-2)20-11-9-17-8-10-19(21-16(3)23)14-18(17)15-20/h8,10,14,20H,4-7,9,11-13,15H2,1-3H3,(H,21,23). The molecule has 3 nitrogen and oxygen atoms in total. The smallest absolute Gasteiger partial charge is 0.221 e. The Hall–Kier alpha value is -1.35. The summed E-state index contributed by atoms with van der Waals surface area (Å²) in [6, 6.07) is 7.07. The number of nitrogens with zero attached hydrogens (tertiary/aromatic N) is 1. The lowest BCUT2D eigenvalue weighted by atomic mass is 9.87. The van der Waals surface area contributed by atoms with Gasteiger partial charge in [0.15, 0.2) is 0 Å². The second kappa shape index (κ2) is 9.07. The van der Waals surface area contributed by atoms with Crippen molar-refractivity contribution >= 4 is 11.6 Å². The van der Waals surface area contributed by atoms with E-state index in [4.69, 9.17) is 0 Å². The topological polar surface area (TPSA) is 32.3 Å². The van der Waals surface area contributed by atoms with Gasteiger partial charge in [0.25, 0.3) is 0 Å². The van der Waals surface area contributed by atoms with Gasteiger partial charge in [-0.25, -0.2) is 0 Å². The first-order valence-electron chi connectivity index (χ1n) is 9.27. The molecule has 128 valence electrons. The molecular formula is C20H32N2O. The van der Waals surface area contributed by atoms with Crippen LogP contribution in [-0.4, -0.2) is 29.9 Å². The largest absolute Gasteiger partial charge is 0.326 e. The lowest BCUT2D eigenvalue weighted by Gasteiger charge is -2.35. The molecule has 0 radical (unpaired) electrons. The molecule has 3 heteroatoms. The fourth-order valence-electron chi connectivity index (χ4n) is 3.53. The normalized spacial score (nSPS) is 17.1. The Balaban J connectivity index is 2.07. The third-order valence-electron chi connectivity index (χ3n) is 4.84. The van der Waals surface area contributed by atoms with Gasteiger partial charge in [0.05, 0.1) is 0 Å². The molecule has 0 spiro atoms. The van der Waals surface area contributed by atoms with Gasteiger partial charge in [-0.3, -0.25) is 4.79 Å². The van der Waals surface area contributed by atoms with Crippen LogP contribution in [0.1, 0.15) is 64.0 Å². The quantitative estimate of drug-likeness (QED) is 0.770. The highest BCUT2D eigenvalue weighted by molar-refractivity contribution is 5.88. The fourth-order valence-corrected chi connectivity index (χ4v) is 3.53. The van der Waals surface area contributed by atoms with E-state index >= 15 is 0 Å². The number of carbonyl (C=O) groups excluding carboxylic acids is 1. The predicted octanol–water partition coefficient (Wildman–Crippen LogP) is 4.40. The average Bonchev–Trinajstić information content (AvgIpc) is 2.54. The van der Waals surface area contributed by atoms with Crippen LogP contribution in [0.25, 0.3) is 0 Å². The number of rotatable bonds is 8. The zero-order valence-electron chi connectivity index (χ0n) is 15.0. The SMILES string of the molecule is CCCCN(CCCC)C1CCc2ccc(NC(C)=O)cc2C1. The van der Waals surface area contributed by atoms with Crippen molar-refractivity contribution in [3.05, 3.63) is 29.3 Å². The summed E-state index contributed by atoms with van der Waals surface area (Å²) in [5, 5.41) is 2.92. The van der Waals surface area contributed by atoms with Crippen molar-refractivity contribution < 1.29 is 4.79 Å². The number of hydrogen-bond acceptors (Lipinski definition) is 2. The maximum atomic E-state index is 11.3. The summed E-state index contributed by atoms with van der Waals surface area (Å²) in [5.41, 5.74) is 3.82. The third kappa shape index (κ3) is 5.35. The molecule has 2 rings (SSSR count). The van der Waals surface area contributed by atoms with E-state index in [-0.39, 0.29) is 5.91 Å². The Morgan fingerprint density at radius 3 is 2.48 bits per heavy atom. The van der Waals surface area contributed by atoms with Crippen LogP contribution in [0.2, 0.25) is 0 Å². The fraction of sp³-hybridized carbons (Fsp3) is 0.650. The van der Waals surface area contributed by atoms with Crippen LogP contribution < -0.4 is 5.32 Å². The highest BCUT2D eigenvalue weighted by Gasteiger charge is 2.23. The Morgan fingerprint density at radius 1 is 1.17 bits per heavy atom. The van der Waals surface area contributed by atoms with Crippen LogP contribution in [0.3, 0.4) is 0 Å². The van der Waals surface area contributed by atoms with Gasteiger partial charge in [0, 0.05) is 18.7 Å². The van der Waals surface area contributed by atoms with Crippen molar-refractivity contribution in [1.82, 2.24) is 4.90 Å². The van der Waals surface area contributed by atoms with Crippen molar-refractivity contribution in [2.45, 2.75) is 71.8 Å². The van der Waals surface area contributed by atoms with Crippen LogP contribution >= 0.6 is 0 Å². The van der Waals surface area contributed by atoms with E-state index in [9.17, 15) is 4.79 Å². The van der Waals surface area contributed by atoms with Crippen molar-refractivity contribution in [1.29, 1.82) is 0 Å². The molecule has 1 unspecified atom stereocenters. The molecule has 1 atom stereocenters. The lowest BCUT2D eigenvalue weighted by molar-refractivity contribution is -0.114. The summed E-state index contributed by atoms with van der Waals surface area (Å²) in [6.45, 7) is 8.56. The van der Waals surface area contributed by atoms with E-state index in [1.165, 1.54) is 56.3 Å². The maximum absolute atomic E-state index is 11.3. The molecule has 0 heterocycles. The highest BCUT2D eigenvalue weighted by Crippen LogP contribution is 2.27. The van der Waals surface area contributed by atoms with E-state index in [0.29, 0.717) is 6.04 Å². The van der Waals surface area contributed by atoms with Gasteiger partial charge >= 0.3 is 0 Å². The van der Waals surface area contributed by atoms with Crippen molar-refractivity contribution in [2.24, 2.45) is 0 Å². The van der Waals surface area contributed by atoms with E-state index < -0.39 is 0 Å². The van der Waals surface area contributed by atoms with Gasteiger partial charge in [0.1, 0.15) is 0 Å². The molecule has 0 fully saturated rings. The van der Waals surface area contributed by atoms with Crippen LogP contribution in [0.15, 0.2) is 18.2 Å². The second-order valence-corrected chi connectivity index (χ2v) is 6.80. The molecular weight excluding hydrogens is 284 g/mol. The molecule has 1 aliphatic rings. The maximum Gasteiger partial charge on any atom is 0.221 e. The Bertz CT molecular complexity index is 504. The second-order valence-electron chi connectivity index (χ2n) is 6.80. The molecule has 0 saturated carbocycles. The van der Waals surface area contributed by atoms with Crippen LogP contribution in [-0.2, 0) is 17.6 Å². The first-order chi connectivity index (χ1) is 11.1. The summed E-state index contributed by atoms with van der Waals surface area (Å²) in [5.74, 6) is 0.00447. The van der Waals surface area contributed by atoms with Crippen LogP contribution in [0, 0.1) is 0 Å². The van der Waals surface area contributed by atoms with Gasteiger partial charge in [0.2, 0.25) is 5.91 Å². The van der Waals surface area contributed by atoms with Crippen molar-refractivity contribution in [2.75, 3.05) is 18.4 Å². The molecule has 1 N–H and O–H groups in total.